The molecule has 172 valence electrons. The first-order chi connectivity index (χ1) is 15.5. The molecular weight excluding hydrogens is 431 g/mol. The number of fused-ring (bicyclic) bond motifs is 1. The van der Waals surface area contributed by atoms with Crippen LogP contribution >= 0.6 is 0 Å². The molecule has 1 aliphatic heterocycles. The molecule has 4 rings (SSSR count). The summed E-state index contributed by atoms with van der Waals surface area (Å²) in [5.41, 5.74) is -0.269. The van der Waals surface area contributed by atoms with Gasteiger partial charge in [-0.3, -0.25) is 19.7 Å². The summed E-state index contributed by atoms with van der Waals surface area (Å²) in [6.45, 7) is 1.85. The lowest BCUT2D eigenvalue weighted by Crippen LogP contribution is -2.71. The summed E-state index contributed by atoms with van der Waals surface area (Å²) >= 11 is 0. The summed E-state index contributed by atoms with van der Waals surface area (Å²) in [5, 5.41) is 22.9. The van der Waals surface area contributed by atoms with E-state index in [0.717, 1.165) is 28.2 Å². The normalized spacial score (nSPS) is 21.2. The molecule has 1 fully saturated rings. The number of hydrogen-bond donors (Lipinski definition) is 2. The number of rotatable bonds is 5. The number of carbonyl (C=O) groups excluding carboxylic acids is 2. The van der Waals surface area contributed by atoms with E-state index in [1.807, 2.05) is 19.1 Å². The molecule has 2 amide bonds. The summed E-state index contributed by atoms with van der Waals surface area (Å²) in [7, 11) is 2.79. The molecule has 9 nitrogen and oxygen atoms in total. The highest BCUT2D eigenvalue weighted by Crippen LogP contribution is 2.34. The van der Waals surface area contributed by atoms with Gasteiger partial charge in [0.15, 0.2) is 0 Å². The molecule has 2 heterocycles. The quantitative estimate of drug-likeness (QED) is 0.453. The lowest BCUT2D eigenvalue weighted by atomic mass is 9.91. The number of halogens is 1. The van der Waals surface area contributed by atoms with Crippen molar-refractivity contribution in [1.29, 1.82) is 0 Å². The maximum atomic E-state index is 13.8. The van der Waals surface area contributed by atoms with Crippen LogP contribution in [0.3, 0.4) is 0 Å². The lowest BCUT2D eigenvalue weighted by molar-refractivity contribution is -0.383. The van der Waals surface area contributed by atoms with Gasteiger partial charge in [-0.25, -0.2) is 4.39 Å². The molecule has 2 N–H and O–H groups in total. The van der Waals surface area contributed by atoms with Crippen LogP contribution in [0.2, 0.25) is 0 Å². The first-order valence-electron chi connectivity index (χ1n) is 10.3. The number of carbonyl (C=O) groups is 2. The van der Waals surface area contributed by atoms with Gasteiger partial charge in [-0.15, -0.1) is 0 Å². The van der Waals surface area contributed by atoms with Crippen molar-refractivity contribution in [3.63, 3.8) is 0 Å². The average Bonchev–Trinajstić information content (AvgIpc) is 3.17. The number of piperazine rings is 1. The summed E-state index contributed by atoms with van der Waals surface area (Å²) in [5.74, 6) is -1.92. The summed E-state index contributed by atoms with van der Waals surface area (Å²) in [6, 6.07) is 8.24. The molecule has 1 aliphatic rings. The minimum atomic E-state index is -2.07. The fourth-order valence-electron chi connectivity index (χ4n) is 4.43. The van der Waals surface area contributed by atoms with Crippen molar-refractivity contribution in [2.75, 3.05) is 14.1 Å². The number of aryl methyl sites for hydroxylation is 1. The number of benzene rings is 2. The highest BCUT2D eigenvalue weighted by atomic mass is 19.1. The van der Waals surface area contributed by atoms with Crippen LogP contribution < -0.4 is 0 Å². The minimum Gasteiger partial charge on any atom is -0.363 e. The first kappa shape index (κ1) is 22.4. The molecule has 0 aliphatic carbocycles. The topological polar surface area (TPSA) is 120 Å². The van der Waals surface area contributed by atoms with Crippen LogP contribution in [0.25, 0.3) is 10.9 Å². The van der Waals surface area contributed by atoms with Gasteiger partial charge in [0.1, 0.15) is 11.9 Å². The molecule has 10 heteroatoms. The maximum Gasteiger partial charge on any atom is 0.281 e. The largest absolute Gasteiger partial charge is 0.363 e. The van der Waals surface area contributed by atoms with E-state index in [9.17, 15) is 29.2 Å². The Hall–Kier alpha value is -3.79. The molecule has 0 unspecified atom stereocenters. The Morgan fingerprint density at radius 2 is 1.91 bits per heavy atom. The number of nitrogens with zero attached hydrogens (tertiary/aromatic N) is 3. The van der Waals surface area contributed by atoms with Gasteiger partial charge in [0.25, 0.3) is 11.6 Å². The van der Waals surface area contributed by atoms with Crippen LogP contribution in [-0.2, 0) is 22.4 Å². The van der Waals surface area contributed by atoms with Gasteiger partial charge in [-0.05, 0) is 29.7 Å². The number of H-pyrrole nitrogens is 1. The number of amides is 2. The number of aromatic amines is 1. The first-order valence-corrected chi connectivity index (χ1v) is 10.3. The Balaban J connectivity index is 1.68. The zero-order valence-electron chi connectivity index (χ0n) is 18.3. The Morgan fingerprint density at radius 1 is 1.21 bits per heavy atom. The van der Waals surface area contributed by atoms with Gasteiger partial charge in [-0.1, -0.05) is 24.3 Å². The van der Waals surface area contributed by atoms with E-state index in [2.05, 4.69) is 4.98 Å². The zero-order chi connectivity index (χ0) is 24.1. The monoisotopic (exact) mass is 454 g/mol. The predicted octanol–water partition coefficient (Wildman–Crippen LogP) is 2.30. The van der Waals surface area contributed by atoms with Crippen molar-refractivity contribution in [3.05, 3.63) is 75.2 Å². The standard InChI is InChI=1S/C23H23FN4O5/c1-13-6-4-5-7-14(13)11-23(31)22(30)26(2)19(21(29)27(23)3)8-15-12-25-17-9-16(24)10-18(20(15)17)28(32)33/h4-7,9-10,12,19,25,31H,8,11H2,1-3H3/t19-,23+/m0/s1. The van der Waals surface area contributed by atoms with E-state index in [1.54, 1.807) is 12.1 Å². The third-order valence-corrected chi connectivity index (χ3v) is 6.41. The molecule has 2 atom stereocenters. The van der Waals surface area contributed by atoms with E-state index >= 15 is 0 Å². The van der Waals surface area contributed by atoms with Crippen molar-refractivity contribution < 1.29 is 24.0 Å². The second-order valence-corrected chi connectivity index (χ2v) is 8.37. The van der Waals surface area contributed by atoms with Crippen molar-refractivity contribution in [2.45, 2.75) is 31.5 Å². The number of likely N-dealkylation sites (N-methyl/N-ethyl adjacent to an activating group) is 2. The Kier molecular flexibility index (Phi) is 5.41. The van der Waals surface area contributed by atoms with Gasteiger partial charge in [-0.2, -0.15) is 0 Å². The van der Waals surface area contributed by atoms with E-state index < -0.39 is 40.0 Å². The number of nitro groups is 1. The third kappa shape index (κ3) is 3.62. The number of hydrogen-bond acceptors (Lipinski definition) is 5. The molecule has 1 aromatic heterocycles. The highest BCUT2D eigenvalue weighted by Gasteiger charge is 2.53. The zero-order valence-corrected chi connectivity index (χ0v) is 18.3. The smallest absolute Gasteiger partial charge is 0.281 e. The van der Waals surface area contributed by atoms with Crippen molar-refractivity contribution in [2.24, 2.45) is 0 Å². The van der Waals surface area contributed by atoms with E-state index in [4.69, 9.17) is 0 Å². The SMILES string of the molecule is Cc1ccccc1C[C@@]1(O)C(=O)N(C)[C@@H](Cc2c[nH]c3cc(F)cc([N+](=O)[O-])c23)C(=O)N1C. The second kappa shape index (κ2) is 7.96. The molecule has 3 aromatic rings. The average molecular weight is 454 g/mol. The van der Waals surface area contributed by atoms with E-state index in [-0.39, 0.29) is 23.7 Å². The Labute approximate surface area is 188 Å². The molecule has 0 radical (unpaired) electrons. The minimum absolute atomic E-state index is 0.0433. The number of aliphatic hydroxyl groups is 1. The molecular formula is C23H23FN4O5. The molecule has 0 saturated carbocycles. The van der Waals surface area contributed by atoms with Crippen molar-refractivity contribution in [3.8, 4) is 0 Å². The lowest BCUT2D eigenvalue weighted by Gasteiger charge is -2.47. The van der Waals surface area contributed by atoms with Gasteiger partial charge < -0.3 is 19.9 Å². The number of nitro benzene ring substituents is 1. The Morgan fingerprint density at radius 3 is 2.58 bits per heavy atom. The molecule has 0 spiro atoms. The van der Waals surface area contributed by atoms with Crippen LogP contribution in [0.1, 0.15) is 16.7 Å². The van der Waals surface area contributed by atoms with Crippen LogP contribution in [0.5, 0.6) is 0 Å². The molecule has 0 bridgehead atoms. The fourth-order valence-corrected chi connectivity index (χ4v) is 4.43. The second-order valence-electron chi connectivity index (χ2n) is 8.37. The van der Waals surface area contributed by atoms with E-state index in [1.165, 1.54) is 25.2 Å². The third-order valence-electron chi connectivity index (χ3n) is 6.41. The van der Waals surface area contributed by atoms with E-state index in [0.29, 0.717) is 5.56 Å². The Bertz CT molecular complexity index is 1290. The highest BCUT2D eigenvalue weighted by molar-refractivity contribution is 5.99. The molecule has 2 aromatic carbocycles. The van der Waals surface area contributed by atoms with Gasteiger partial charge in [0, 0.05) is 33.1 Å². The van der Waals surface area contributed by atoms with Crippen LogP contribution in [-0.4, -0.2) is 62.5 Å². The number of nitrogens with one attached hydrogen (secondary N) is 1. The van der Waals surface area contributed by atoms with Gasteiger partial charge >= 0.3 is 0 Å². The molecule has 1 saturated heterocycles. The number of non-ortho nitro benzene ring substituents is 1. The van der Waals surface area contributed by atoms with Gasteiger partial charge in [0.05, 0.1) is 21.9 Å². The summed E-state index contributed by atoms with van der Waals surface area (Å²) in [4.78, 5) is 42.3. The maximum absolute atomic E-state index is 13.8. The van der Waals surface area contributed by atoms with Crippen molar-refractivity contribution in [1.82, 2.24) is 14.8 Å². The molecule has 33 heavy (non-hydrogen) atoms. The van der Waals surface area contributed by atoms with Crippen LogP contribution in [0, 0.1) is 22.9 Å². The predicted molar refractivity (Wildman–Crippen MR) is 118 cm³/mol. The van der Waals surface area contributed by atoms with Crippen molar-refractivity contribution >= 4 is 28.4 Å². The summed E-state index contributed by atoms with van der Waals surface area (Å²) in [6.07, 6.45) is 1.35. The fraction of sp³-hybridized carbons (Fsp3) is 0.304. The summed E-state index contributed by atoms with van der Waals surface area (Å²) < 4.78 is 13.8. The van der Waals surface area contributed by atoms with Crippen LogP contribution in [0.4, 0.5) is 10.1 Å². The number of aromatic nitrogens is 1. The van der Waals surface area contributed by atoms with Crippen LogP contribution in [0.15, 0.2) is 42.6 Å². The van der Waals surface area contributed by atoms with Gasteiger partial charge in [0.2, 0.25) is 11.6 Å².